The van der Waals surface area contributed by atoms with Crippen molar-refractivity contribution in [1.82, 2.24) is 9.80 Å². The number of rotatable bonds is 7. The highest BCUT2D eigenvalue weighted by atomic mass is 16.2. The van der Waals surface area contributed by atoms with Gasteiger partial charge in [0.1, 0.15) is 0 Å². The molecule has 1 atom stereocenters. The molecule has 1 saturated heterocycles. The van der Waals surface area contributed by atoms with Crippen LogP contribution in [0.25, 0.3) is 0 Å². The molecule has 1 fully saturated rings. The molecule has 1 aliphatic heterocycles. The Morgan fingerprint density at radius 1 is 1.29 bits per heavy atom. The maximum Gasteiger partial charge on any atom is 0.248 e. The molecule has 0 spiro atoms. The second-order valence-corrected chi connectivity index (χ2v) is 7.53. The van der Waals surface area contributed by atoms with Crippen molar-refractivity contribution in [2.75, 3.05) is 19.6 Å². The molecular weight excluding hydrogens is 260 g/mol. The highest BCUT2D eigenvalue weighted by molar-refractivity contribution is 5.87. The first-order valence-corrected chi connectivity index (χ1v) is 8.56. The van der Waals surface area contributed by atoms with Crippen molar-refractivity contribution < 1.29 is 4.79 Å². The monoisotopic (exact) mass is 294 g/mol. The highest BCUT2D eigenvalue weighted by Crippen LogP contribution is 2.20. The lowest BCUT2D eigenvalue weighted by atomic mass is 9.92. The average Bonchev–Trinajstić information content (AvgIpc) is 2.91. The molecule has 3 heteroatoms. The van der Waals surface area contributed by atoms with Crippen molar-refractivity contribution in [3.8, 4) is 0 Å². The van der Waals surface area contributed by atoms with Gasteiger partial charge in [-0.2, -0.15) is 0 Å². The van der Waals surface area contributed by atoms with Crippen molar-refractivity contribution in [1.29, 1.82) is 0 Å². The predicted octanol–water partition coefficient (Wildman–Crippen LogP) is 4.05. The zero-order valence-corrected chi connectivity index (χ0v) is 14.7. The third-order valence-electron chi connectivity index (χ3n) is 4.22. The van der Waals surface area contributed by atoms with Gasteiger partial charge in [-0.25, -0.2) is 0 Å². The minimum atomic E-state index is 0.178. The SMILES string of the molecule is CCCC(C)N(/C=C/C(=O)N1CCCC1)CCC(C)(C)C. The molecule has 0 N–H and O–H groups in total. The van der Waals surface area contributed by atoms with E-state index in [0.29, 0.717) is 11.5 Å². The van der Waals surface area contributed by atoms with Gasteiger partial charge in [-0.1, -0.05) is 34.1 Å². The summed E-state index contributed by atoms with van der Waals surface area (Å²) in [5, 5.41) is 0. The van der Waals surface area contributed by atoms with E-state index in [1.54, 1.807) is 6.08 Å². The fourth-order valence-corrected chi connectivity index (χ4v) is 2.69. The van der Waals surface area contributed by atoms with E-state index in [0.717, 1.165) is 38.9 Å². The standard InChI is InChI=1S/C18H34N2O/c1-6-9-16(2)19(15-11-18(3,4)5)14-10-17(21)20-12-7-8-13-20/h10,14,16H,6-9,11-13,15H2,1-5H3/b14-10+. The van der Waals surface area contributed by atoms with Crippen LogP contribution in [0.4, 0.5) is 0 Å². The van der Waals surface area contributed by atoms with Gasteiger partial charge in [0.05, 0.1) is 0 Å². The Balaban J connectivity index is 2.59. The van der Waals surface area contributed by atoms with Crippen LogP contribution < -0.4 is 0 Å². The molecule has 1 aliphatic rings. The van der Waals surface area contributed by atoms with E-state index in [1.807, 2.05) is 11.1 Å². The Bertz CT molecular complexity index is 338. The van der Waals surface area contributed by atoms with Crippen molar-refractivity contribution in [3.63, 3.8) is 0 Å². The first-order chi connectivity index (χ1) is 9.83. The lowest BCUT2D eigenvalue weighted by Gasteiger charge is -2.31. The summed E-state index contributed by atoms with van der Waals surface area (Å²) >= 11 is 0. The lowest BCUT2D eigenvalue weighted by Crippen LogP contribution is -2.32. The number of carbonyl (C=O) groups is 1. The van der Waals surface area contributed by atoms with Crippen LogP contribution in [0, 0.1) is 5.41 Å². The van der Waals surface area contributed by atoms with E-state index in [1.165, 1.54) is 12.8 Å². The molecule has 0 aromatic carbocycles. The summed E-state index contributed by atoms with van der Waals surface area (Å²) in [6, 6.07) is 0.500. The molecule has 0 aromatic heterocycles. The molecule has 1 rings (SSSR count). The molecule has 1 heterocycles. The summed E-state index contributed by atoms with van der Waals surface area (Å²) in [7, 11) is 0. The number of hydrogen-bond acceptors (Lipinski definition) is 2. The molecule has 122 valence electrons. The van der Waals surface area contributed by atoms with Gasteiger partial charge >= 0.3 is 0 Å². The average molecular weight is 294 g/mol. The second kappa shape index (κ2) is 8.45. The molecule has 0 aliphatic carbocycles. The Morgan fingerprint density at radius 3 is 2.43 bits per heavy atom. The van der Waals surface area contributed by atoms with Crippen molar-refractivity contribution >= 4 is 5.91 Å². The van der Waals surface area contributed by atoms with Crippen LogP contribution in [0.2, 0.25) is 0 Å². The Labute approximate surface area is 131 Å². The van der Waals surface area contributed by atoms with E-state index < -0.39 is 0 Å². The zero-order chi connectivity index (χ0) is 15.9. The van der Waals surface area contributed by atoms with E-state index in [4.69, 9.17) is 0 Å². The van der Waals surface area contributed by atoms with Crippen LogP contribution in [0.3, 0.4) is 0 Å². The molecule has 21 heavy (non-hydrogen) atoms. The van der Waals surface area contributed by atoms with Crippen molar-refractivity contribution in [2.24, 2.45) is 5.41 Å². The van der Waals surface area contributed by atoms with E-state index in [-0.39, 0.29) is 5.91 Å². The molecule has 1 unspecified atom stereocenters. The smallest absolute Gasteiger partial charge is 0.248 e. The van der Waals surface area contributed by atoms with Gasteiger partial charge in [0.25, 0.3) is 0 Å². The fourth-order valence-electron chi connectivity index (χ4n) is 2.69. The molecule has 0 saturated carbocycles. The third-order valence-corrected chi connectivity index (χ3v) is 4.22. The summed E-state index contributed by atoms with van der Waals surface area (Å²) in [4.78, 5) is 16.5. The number of hydrogen-bond donors (Lipinski definition) is 0. The first kappa shape index (κ1) is 18.1. The largest absolute Gasteiger partial charge is 0.374 e. The van der Waals surface area contributed by atoms with Gasteiger partial charge in [-0.3, -0.25) is 4.79 Å². The minimum absolute atomic E-state index is 0.178. The van der Waals surface area contributed by atoms with Gasteiger partial charge in [0.15, 0.2) is 0 Å². The van der Waals surface area contributed by atoms with Crippen LogP contribution in [0.15, 0.2) is 12.3 Å². The van der Waals surface area contributed by atoms with E-state index in [9.17, 15) is 4.79 Å². The first-order valence-electron chi connectivity index (χ1n) is 8.56. The lowest BCUT2D eigenvalue weighted by molar-refractivity contribution is -0.125. The molecule has 3 nitrogen and oxygen atoms in total. The third kappa shape index (κ3) is 7.01. The summed E-state index contributed by atoms with van der Waals surface area (Å²) < 4.78 is 0. The normalized spacial score (nSPS) is 17.5. The van der Waals surface area contributed by atoms with Crippen molar-refractivity contribution in [2.45, 2.75) is 72.8 Å². The number of likely N-dealkylation sites (tertiary alicyclic amines) is 1. The summed E-state index contributed by atoms with van der Waals surface area (Å²) in [5.41, 5.74) is 0.330. The van der Waals surface area contributed by atoms with Gasteiger partial charge in [-0.05, 0) is 38.0 Å². The summed E-state index contributed by atoms with van der Waals surface area (Å²) in [6.07, 6.45) is 9.61. The van der Waals surface area contributed by atoms with Crippen molar-refractivity contribution in [3.05, 3.63) is 12.3 Å². The van der Waals surface area contributed by atoms with E-state index >= 15 is 0 Å². The summed E-state index contributed by atoms with van der Waals surface area (Å²) in [5.74, 6) is 0.178. The second-order valence-electron chi connectivity index (χ2n) is 7.53. The van der Waals surface area contributed by atoms with Crippen LogP contribution in [0.5, 0.6) is 0 Å². The Kier molecular flexibility index (Phi) is 7.27. The quantitative estimate of drug-likeness (QED) is 0.661. The van der Waals surface area contributed by atoms with Crippen LogP contribution in [0.1, 0.15) is 66.7 Å². The maximum atomic E-state index is 12.1. The number of nitrogens with zero attached hydrogens (tertiary/aromatic N) is 2. The van der Waals surface area contributed by atoms with Crippen LogP contribution in [-0.4, -0.2) is 41.4 Å². The maximum absolute atomic E-state index is 12.1. The Morgan fingerprint density at radius 2 is 1.90 bits per heavy atom. The summed E-state index contributed by atoms with van der Waals surface area (Å²) in [6.45, 7) is 14.2. The van der Waals surface area contributed by atoms with Crippen LogP contribution >= 0.6 is 0 Å². The van der Waals surface area contributed by atoms with Crippen LogP contribution in [-0.2, 0) is 4.79 Å². The molecule has 0 bridgehead atoms. The van der Waals surface area contributed by atoms with Gasteiger partial charge < -0.3 is 9.80 Å². The molecular formula is C18H34N2O. The molecule has 1 amide bonds. The molecule has 0 radical (unpaired) electrons. The van der Waals surface area contributed by atoms with Gasteiger partial charge in [-0.15, -0.1) is 0 Å². The Hall–Kier alpha value is -0.990. The zero-order valence-electron chi connectivity index (χ0n) is 14.7. The fraction of sp³-hybridized carbons (Fsp3) is 0.833. The van der Waals surface area contributed by atoms with Gasteiger partial charge in [0.2, 0.25) is 5.91 Å². The highest BCUT2D eigenvalue weighted by Gasteiger charge is 2.17. The topological polar surface area (TPSA) is 23.6 Å². The predicted molar refractivity (Wildman–Crippen MR) is 90.1 cm³/mol. The molecule has 0 aromatic rings. The number of carbonyl (C=O) groups excluding carboxylic acids is 1. The van der Waals surface area contributed by atoms with Gasteiger partial charge in [0, 0.05) is 38.0 Å². The minimum Gasteiger partial charge on any atom is -0.374 e. The number of amides is 1. The van der Waals surface area contributed by atoms with E-state index in [2.05, 4.69) is 39.5 Å².